The van der Waals surface area contributed by atoms with Crippen LogP contribution in [0, 0.1) is 0 Å². The van der Waals surface area contributed by atoms with E-state index in [1.54, 1.807) is 0 Å². The Hall–Kier alpha value is -1.35. The molecular weight excluding hydrogens is 248 g/mol. The molecule has 1 N–H and O–H groups in total. The van der Waals surface area contributed by atoms with Crippen LogP contribution in [0.4, 0.5) is 0 Å². The van der Waals surface area contributed by atoms with Crippen LogP contribution < -0.4 is 5.32 Å². The Kier molecular flexibility index (Phi) is 4.19. The van der Waals surface area contributed by atoms with Crippen molar-refractivity contribution in [2.45, 2.75) is 52.1 Å². The molecule has 2 unspecified atom stereocenters. The van der Waals surface area contributed by atoms with Gasteiger partial charge in [0.05, 0.1) is 0 Å². The molecule has 0 aromatic heterocycles. The van der Waals surface area contributed by atoms with Crippen LogP contribution in [-0.2, 0) is 5.41 Å². The first-order valence-corrected chi connectivity index (χ1v) is 7.44. The van der Waals surface area contributed by atoms with Gasteiger partial charge in [-0.15, -0.1) is 0 Å². The summed E-state index contributed by atoms with van der Waals surface area (Å²) >= 11 is 0. The summed E-state index contributed by atoms with van der Waals surface area (Å²) in [5, 5.41) is 3.36. The Morgan fingerprint density at radius 2 is 1.60 bits per heavy atom. The number of hydrogen-bond donors (Lipinski definition) is 1. The number of carbonyl (C=O) groups is 1. The molecule has 20 heavy (non-hydrogen) atoms. The van der Waals surface area contributed by atoms with Gasteiger partial charge >= 0.3 is 0 Å². The SMILES string of the molecule is CC1CNCC(C)N1C(=O)c1ccc(C(C)(C)C)cc1. The molecule has 2 atom stereocenters. The number of carbonyl (C=O) groups excluding carboxylic acids is 1. The molecule has 0 spiro atoms. The predicted octanol–water partition coefficient (Wildman–Crippen LogP) is 2.81. The van der Waals surface area contributed by atoms with Crippen LogP contribution in [0.15, 0.2) is 24.3 Å². The van der Waals surface area contributed by atoms with E-state index in [4.69, 9.17) is 0 Å². The van der Waals surface area contributed by atoms with Gasteiger partial charge in [0, 0.05) is 30.7 Å². The molecule has 0 bridgehead atoms. The molecule has 1 aliphatic rings. The summed E-state index contributed by atoms with van der Waals surface area (Å²) in [6.45, 7) is 12.5. The maximum absolute atomic E-state index is 12.7. The van der Waals surface area contributed by atoms with Crippen LogP contribution in [0.5, 0.6) is 0 Å². The van der Waals surface area contributed by atoms with Gasteiger partial charge in [-0.05, 0) is 37.0 Å². The van der Waals surface area contributed by atoms with Crippen molar-refractivity contribution in [1.29, 1.82) is 0 Å². The first-order valence-electron chi connectivity index (χ1n) is 7.44. The van der Waals surface area contributed by atoms with Crippen molar-refractivity contribution in [1.82, 2.24) is 10.2 Å². The van der Waals surface area contributed by atoms with Crippen LogP contribution in [-0.4, -0.2) is 36.0 Å². The van der Waals surface area contributed by atoms with Crippen LogP contribution in [0.2, 0.25) is 0 Å². The van der Waals surface area contributed by atoms with E-state index in [0.717, 1.165) is 18.7 Å². The van der Waals surface area contributed by atoms with E-state index in [1.807, 2.05) is 17.0 Å². The summed E-state index contributed by atoms with van der Waals surface area (Å²) in [5.74, 6) is 0.145. The van der Waals surface area contributed by atoms with Crippen LogP contribution >= 0.6 is 0 Å². The van der Waals surface area contributed by atoms with Gasteiger partial charge in [0.25, 0.3) is 5.91 Å². The first-order chi connectivity index (χ1) is 9.30. The molecule has 3 nitrogen and oxygen atoms in total. The molecule has 1 aliphatic heterocycles. The van der Waals surface area contributed by atoms with Crippen molar-refractivity contribution in [3.63, 3.8) is 0 Å². The van der Waals surface area contributed by atoms with Gasteiger partial charge in [-0.3, -0.25) is 4.79 Å². The highest BCUT2D eigenvalue weighted by molar-refractivity contribution is 5.94. The average Bonchev–Trinajstić information content (AvgIpc) is 2.37. The Morgan fingerprint density at radius 3 is 2.05 bits per heavy atom. The predicted molar refractivity (Wildman–Crippen MR) is 83.1 cm³/mol. The Balaban J connectivity index is 2.20. The van der Waals surface area contributed by atoms with Crippen molar-refractivity contribution in [3.05, 3.63) is 35.4 Å². The van der Waals surface area contributed by atoms with E-state index in [2.05, 4.69) is 52.1 Å². The second-order valence-corrected chi connectivity index (χ2v) is 6.90. The second kappa shape index (κ2) is 5.57. The molecule has 1 fully saturated rings. The molecule has 1 saturated heterocycles. The third-order valence-electron chi connectivity index (χ3n) is 4.06. The van der Waals surface area contributed by atoms with Gasteiger partial charge in [0.1, 0.15) is 0 Å². The van der Waals surface area contributed by atoms with E-state index < -0.39 is 0 Å². The van der Waals surface area contributed by atoms with Crippen LogP contribution in [0.25, 0.3) is 0 Å². The van der Waals surface area contributed by atoms with E-state index >= 15 is 0 Å². The summed E-state index contributed by atoms with van der Waals surface area (Å²) in [6, 6.07) is 8.56. The standard InChI is InChI=1S/C17H26N2O/c1-12-10-18-11-13(2)19(12)16(20)14-6-8-15(9-7-14)17(3,4)5/h6-9,12-13,18H,10-11H2,1-5H3. The first kappa shape index (κ1) is 15.0. The molecule has 1 heterocycles. The van der Waals surface area contributed by atoms with Crippen LogP contribution in [0.3, 0.4) is 0 Å². The number of rotatable bonds is 1. The summed E-state index contributed by atoms with van der Waals surface area (Å²) in [6.07, 6.45) is 0. The second-order valence-electron chi connectivity index (χ2n) is 6.90. The van der Waals surface area contributed by atoms with Gasteiger partial charge in [-0.25, -0.2) is 0 Å². The number of benzene rings is 1. The van der Waals surface area contributed by atoms with Crippen molar-refractivity contribution >= 4 is 5.91 Å². The van der Waals surface area contributed by atoms with Gasteiger partial charge < -0.3 is 10.2 Å². The molecule has 0 aliphatic carbocycles. The third kappa shape index (κ3) is 3.04. The van der Waals surface area contributed by atoms with Gasteiger partial charge in [-0.2, -0.15) is 0 Å². The minimum absolute atomic E-state index is 0.122. The highest BCUT2D eigenvalue weighted by Gasteiger charge is 2.29. The molecule has 1 aromatic carbocycles. The highest BCUT2D eigenvalue weighted by atomic mass is 16.2. The molecule has 2 rings (SSSR count). The van der Waals surface area contributed by atoms with Gasteiger partial charge in [-0.1, -0.05) is 32.9 Å². The van der Waals surface area contributed by atoms with E-state index in [0.29, 0.717) is 0 Å². The van der Waals surface area contributed by atoms with Gasteiger partial charge in [0.15, 0.2) is 0 Å². The van der Waals surface area contributed by atoms with Crippen molar-refractivity contribution in [2.24, 2.45) is 0 Å². The molecule has 0 radical (unpaired) electrons. The minimum Gasteiger partial charge on any atom is -0.331 e. The number of hydrogen-bond acceptors (Lipinski definition) is 2. The van der Waals surface area contributed by atoms with Crippen molar-refractivity contribution < 1.29 is 4.79 Å². The summed E-state index contributed by atoms with van der Waals surface area (Å²) in [5.41, 5.74) is 2.17. The number of piperazine rings is 1. The van der Waals surface area contributed by atoms with Crippen molar-refractivity contribution in [3.8, 4) is 0 Å². The van der Waals surface area contributed by atoms with Crippen LogP contribution in [0.1, 0.15) is 50.5 Å². The lowest BCUT2D eigenvalue weighted by Gasteiger charge is -2.39. The smallest absolute Gasteiger partial charge is 0.254 e. The zero-order valence-corrected chi connectivity index (χ0v) is 13.2. The fourth-order valence-electron chi connectivity index (χ4n) is 2.79. The van der Waals surface area contributed by atoms with E-state index in [9.17, 15) is 4.79 Å². The molecule has 3 heteroatoms. The number of amides is 1. The third-order valence-corrected chi connectivity index (χ3v) is 4.06. The summed E-state index contributed by atoms with van der Waals surface area (Å²) < 4.78 is 0. The molecule has 110 valence electrons. The van der Waals surface area contributed by atoms with E-state index in [1.165, 1.54) is 5.56 Å². The zero-order valence-electron chi connectivity index (χ0n) is 13.2. The average molecular weight is 274 g/mol. The quantitative estimate of drug-likeness (QED) is 0.854. The lowest BCUT2D eigenvalue weighted by molar-refractivity contribution is 0.0544. The fourth-order valence-corrected chi connectivity index (χ4v) is 2.79. The normalized spacial score (nSPS) is 23.8. The fraction of sp³-hybridized carbons (Fsp3) is 0.588. The minimum atomic E-state index is 0.122. The molecule has 1 aromatic rings. The summed E-state index contributed by atoms with van der Waals surface area (Å²) in [4.78, 5) is 14.7. The highest BCUT2D eigenvalue weighted by Crippen LogP contribution is 2.23. The maximum Gasteiger partial charge on any atom is 0.254 e. The van der Waals surface area contributed by atoms with E-state index in [-0.39, 0.29) is 23.4 Å². The topological polar surface area (TPSA) is 32.3 Å². The lowest BCUT2D eigenvalue weighted by atomic mass is 9.86. The Labute approximate surface area is 122 Å². The van der Waals surface area contributed by atoms with Gasteiger partial charge in [0.2, 0.25) is 0 Å². The maximum atomic E-state index is 12.7. The Bertz CT molecular complexity index is 463. The number of nitrogens with zero attached hydrogens (tertiary/aromatic N) is 1. The Morgan fingerprint density at radius 1 is 1.10 bits per heavy atom. The zero-order chi connectivity index (χ0) is 14.9. The monoisotopic (exact) mass is 274 g/mol. The lowest BCUT2D eigenvalue weighted by Crippen LogP contribution is -2.57. The summed E-state index contributed by atoms with van der Waals surface area (Å²) in [7, 11) is 0. The molecular formula is C17H26N2O. The van der Waals surface area contributed by atoms with Crippen molar-refractivity contribution in [2.75, 3.05) is 13.1 Å². The largest absolute Gasteiger partial charge is 0.331 e. The number of nitrogens with one attached hydrogen (secondary N) is 1. The molecule has 1 amide bonds. The molecule has 0 saturated carbocycles.